The van der Waals surface area contributed by atoms with Crippen LogP contribution in [0.4, 0.5) is 10.5 Å². The van der Waals surface area contributed by atoms with Crippen molar-refractivity contribution in [1.29, 1.82) is 0 Å². The molecule has 0 aliphatic heterocycles. The van der Waals surface area contributed by atoms with Crippen molar-refractivity contribution in [2.45, 2.75) is 38.9 Å². The number of amides is 3. The smallest absolute Gasteiger partial charge is 0.319 e. The van der Waals surface area contributed by atoms with E-state index in [9.17, 15) is 9.59 Å². The van der Waals surface area contributed by atoms with Gasteiger partial charge in [-0.15, -0.1) is 12.4 Å². The molecule has 3 amide bonds. The molecule has 0 radical (unpaired) electrons. The number of hydrogen-bond acceptors (Lipinski definition) is 4. The molecule has 0 aromatic heterocycles. The molecule has 1 aromatic rings. The molecule has 0 saturated heterocycles. The third kappa shape index (κ3) is 9.00. The molecule has 1 rings (SSSR count). The Kier molecular flexibility index (Phi) is 11.3. The summed E-state index contributed by atoms with van der Waals surface area (Å²) >= 11 is 1.67. The fraction of sp³-hybridized carbons (Fsp3) is 0.500. The highest BCUT2D eigenvalue weighted by molar-refractivity contribution is 7.98. The minimum atomic E-state index is -0.469. The van der Waals surface area contributed by atoms with Gasteiger partial charge in [0, 0.05) is 18.3 Å². The third-order valence-electron chi connectivity index (χ3n) is 3.07. The van der Waals surface area contributed by atoms with Crippen molar-refractivity contribution in [3.05, 3.63) is 29.8 Å². The topological polar surface area (TPSA) is 96.2 Å². The van der Waals surface area contributed by atoms with Gasteiger partial charge in [-0.05, 0) is 50.0 Å². The van der Waals surface area contributed by atoms with Gasteiger partial charge in [-0.2, -0.15) is 11.8 Å². The predicted molar refractivity (Wildman–Crippen MR) is 104 cm³/mol. The Balaban J connectivity index is 0.00000529. The van der Waals surface area contributed by atoms with Crippen LogP contribution in [-0.2, 0) is 11.3 Å². The predicted octanol–water partition coefficient (Wildman–Crippen LogP) is 2.33. The van der Waals surface area contributed by atoms with Crippen LogP contribution < -0.4 is 21.7 Å². The van der Waals surface area contributed by atoms with E-state index in [-0.39, 0.29) is 30.4 Å². The molecule has 0 aliphatic rings. The number of nitrogens with two attached hydrogens (primary N) is 1. The van der Waals surface area contributed by atoms with E-state index in [1.807, 2.05) is 32.2 Å². The second-order valence-corrected chi connectivity index (χ2v) is 6.54. The quantitative estimate of drug-likeness (QED) is 0.561. The van der Waals surface area contributed by atoms with Crippen LogP contribution in [0.5, 0.6) is 0 Å². The second-order valence-electron chi connectivity index (χ2n) is 5.56. The molecular weight excluding hydrogens is 348 g/mol. The van der Waals surface area contributed by atoms with Crippen LogP contribution in [-0.4, -0.2) is 36.0 Å². The highest BCUT2D eigenvalue weighted by Gasteiger charge is 2.12. The molecule has 0 bridgehead atoms. The zero-order valence-electron chi connectivity index (χ0n) is 14.3. The van der Waals surface area contributed by atoms with E-state index in [1.54, 1.807) is 23.9 Å². The molecule has 0 aliphatic carbocycles. The highest BCUT2D eigenvalue weighted by Crippen LogP contribution is 2.09. The van der Waals surface area contributed by atoms with Gasteiger partial charge in [0.15, 0.2) is 0 Å². The van der Waals surface area contributed by atoms with Gasteiger partial charge in [0.1, 0.15) is 0 Å². The SMILES string of the molecule is CSCCC(N)C(=O)NCc1ccc(NC(=O)NC(C)C)cc1.Cl. The highest BCUT2D eigenvalue weighted by atomic mass is 35.5. The zero-order chi connectivity index (χ0) is 17.2. The first-order valence-electron chi connectivity index (χ1n) is 7.61. The van der Waals surface area contributed by atoms with Crippen LogP contribution in [0.15, 0.2) is 24.3 Å². The van der Waals surface area contributed by atoms with Gasteiger partial charge in [0.2, 0.25) is 5.91 Å². The molecule has 1 atom stereocenters. The zero-order valence-corrected chi connectivity index (χ0v) is 15.9. The lowest BCUT2D eigenvalue weighted by Gasteiger charge is -2.12. The van der Waals surface area contributed by atoms with Gasteiger partial charge in [-0.1, -0.05) is 12.1 Å². The van der Waals surface area contributed by atoms with E-state index in [0.717, 1.165) is 11.3 Å². The maximum atomic E-state index is 11.8. The van der Waals surface area contributed by atoms with Gasteiger partial charge in [-0.3, -0.25) is 4.79 Å². The van der Waals surface area contributed by atoms with E-state index < -0.39 is 6.04 Å². The molecule has 1 unspecified atom stereocenters. The van der Waals surface area contributed by atoms with E-state index in [4.69, 9.17) is 5.73 Å². The van der Waals surface area contributed by atoms with Crippen molar-refractivity contribution in [3.63, 3.8) is 0 Å². The Morgan fingerprint density at radius 3 is 2.38 bits per heavy atom. The van der Waals surface area contributed by atoms with E-state index in [1.165, 1.54) is 0 Å². The summed E-state index contributed by atoms with van der Waals surface area (Å²) in [6.07, 6.45) is 2.66. The van der Waals surface area contributed by atoms with Crippen molar-refractivity contribution in [2.75, 3.05) is 17.3 Å². The van der Waals surface area contributed by atoms with E-state index in [0.29, 0.717) is 18.7 Å². The largest absolute Gasteiger partial charge is 0.351 e. The molecular formula is C16H27ClN4O2S. The monoisotopic (exact) mass is 374 g/mol. The lowest BCUT2D eigenvalue weighted by atomic mass is 10.2. The molecule has 0 heterocycles. The van der Waals surface area contributed by atoms with Crippen LogP contribution in [0.2, 0.25) is 0 Å². The van der Waals surface area contributed by atoms with E-state index >= 15 is 0 Å². The fourth-order valence-electron chi connectivity index (χ4n) is 1.83. The van der Waals surface area contributed by atoms with Crippen LogP contribution in [0.1, 0.15) is 25.8 Å². The van der Waals surface area contributed by atoms with Gasteiger partial charge in [0.05, 0.1) is 6.04 Å². The first-order valence-corrected chi connectivity index (χ1v) is 9.00. The number of urea groups is 1. The van der Waals surface area contributed by atoms with Crippen molar-refractivity contribution < 1.29 is 9.59 Å². The average molecular weight is 375 g/mol. The summed E-state index contributed by atoms with van der Waals surface area (Å²) < 4.78 is 0. The molecule has 0 fully saturated rings. The summed E-state index contributed by atoms with van der Waals surface area (Å²) in [5, 5.41) is 8.32. The Hall–Kier alpha value is -1.44. The molecule has 0 saturated carbocycles. The lowest BCUT2D eigenvalue weighted by molar-refractivity contribution is -0.122. The van der Waals surface area contributed by atoms with Gasteiger partial charge in [0.25, 0.3) is 0 Å². The molecule has 1 aromatic carbocycles. The van der Waals surface area contributed by atoms with Crippen molar-refractivity contribution in [2.24, 2.45) is 5.73 Å². The molecule has 8 heteroatoms. The van der Waals surface area contributed by atoms with Gasteiger partial charge in [-0.25, -0.2) is 4.79 Å². The Labute approximate surface area is 154 Å². The Morgan fingerprint density at radius 2 is 1.83 bits per heavy atom. The summed E-state index contributed by atoms with van der Waals surface area (Å²) in [6.45, 7) is 4.22. The summed E-state index contributed by atoms with van der Waals surface area (Å²) in [5.41, 5.74) is 7.46. The summed E-state index contributed by atoms with van der Waals surface area (Å²) in [6, 6.07) is 6.70. The normalized spacial score (nSPS) is 11.4. The number of benzene rings is 1. The molecule has 0 spiro atoms. The maximum absolute atomic E-state index is 11.8. The molecule has 24 heavy (non-hydrogen) atoms. The van der Waals surface area contributed by atoms with Gasteiger partial charge < -0.3 is 21.7 Å². The standard InChI is InChI=1S/C16H26N4O2S.ClH/c1-11(2)19-16(22)20-13-6-4-12(5-7-13)10-18-15(21)14(17)8-9-23-3;/h4-7,11,14H,8-10,17H2,1-3H3,(H,18,21)(H2,19,20,22);1H. The van der Waals surface area contributed by atoms with Crippen molar-refractivity contribution in [1.82, 2.24) is 10.6 Å². The number of halogens is 1. The summed E-state index contributed by atoms with van der Waals surface area (Å²) in [7, 11) is 0. The Bertz CT molecular complexity index is 511. The number of nitrogens with one attached hydrogen (secondary N) is 3. The molecule has 136 valence electrons. The first kappa shape index (κ1) is 22.6. The van der Waals surface area contributed by atoms with Gasteiger partial charge >= 0.3 is 6.03 Å². The van der Waals surface area contributed by atoms with Crippen LogP contribution >= 0.6 is 24.2 Å². The van der Waals surface area contributed by atoms with Crippen molar-refractivity contribution in [3.8, 4) is 0 Å². The molecule has 6 nitrogen and oxygen atoms in total. The summed E-state index contributed by atoms with van der Waals surface area (Å²) in [4.78, 5) is 23.4. The van der Waals surface area contributed by atoms with Crippen molar-refractivity contribution >= 4 is 41.8 Å². The number of hydrogen-bond donors (Lipinski definition) is 4. The summed E-state index contributed by atoms with van der Waals surface area (Å²) in [5.74, 6) is 0.727. The number of rotatable bonds is 8. The average Bonchev–Trinajstić information content (AvgIpc) is 2.50. The van der Waals surface area contributed by atoms with Crippen LogP contribution in [0.3, 0.4) is 0 Å². The number of anilines is 1. The number of carbonyl (C=O) groups is 2. The minimum Gasteiger partial charge on any atom is -0.351 e. The second kappa shape index (κ2) is 12.0. The van der Waals surface area contributed by atoms with Crippen LogP contribution in [0.25, 0.3) is 0 Å². The maximum Gasteiger partial charge on any atom is 0.319 e. The molecule has 5 N–H and O–H groups in total. The number of carbonyl (C=O) groups excluding carboxylic acids is 2. The fourth-order valence-corrected chi connectivity index (χ4v) is 2.32. The van der Waals surface area contributed by atoms with Crippen LogP contribution in [0, 0.1) is 0 Å². The third-order valence-corrected chi connectivity index (χ3v) is 3.71. The van der Waals surface area contributed by atoms with E-state index in [2.05, 4.69) is 16.0 Å². The number of thioether (sulfide) groups is 1. The minimum absolute atomic E-state index is 0. The lowest BCUT2D eigenvalue weighted by Crippen LogP contribution is -2.40. The first-order chi connectivity index (χ1) is 10.9. The Morgan fingerprint density at radius 1 is 1.21 bits per heavy atom.